The molecular weight excluding hydrogens is 182 g/mol. The van der Waals surface area contributed by atoms with Gasteiger partial charge in [0.25, 0.3) is 5.69 Å². The summed E-state index contributed by atoms with van der Waals surface area (Å²) in [6, 6.07) is 0. The van der Waals surface area contributed by atoms with E-state index in [0.717, 1.165) is 0 Å². The van der Waals surface area contributed by atoms with Gasteiger partial charge >= 0.3 is 5.82 Å². The van der Waals surface area contributed by atoms with Crippen LogP contribution in [0.4, 0.5) is 5.82 Å². The fourth-order valence-electron chi connectivity index (χ4n) is 0.707. The first kappa shape index (κ1) is 7.27. The zero-order valence-corrected chi connectivity index (χ0v) is 5.91. The quantitative estimate of drug-likeness (QED) is 0.469. The molecule has 0 saturated heterocycles. The van der Waals surface area contributed by atoms with E-state index in [1.807, 2.05) is 0 Å². The second-order valence-corrected chi connectivity index (χ2v) is 1.93. The third-order valence-electron chi connectivity index (χ3n) is 1.20. The molecule has 2 heterocycles. The Bertz CT molecular complexity index is 418. The molecule has 10 nitrogen and oxygen atoms in total. The molecule has 0 saturated carbocycles. The van der Waals surface area contributed by atoms with E-state index < -0.39 is 10.7 Å². The van der Waals surface area contributed by atoms with Gasteiger partial charge in [0.15, 0.2) is 5.16 Å². The number of aromatic amines is 1. The molecule has 66 valence electrons. The van der Waals surface area contributed by atoms with Crippen LogP contribution in [0.1, 0.15) is 0 Å². The van der Waals surface area contributed by atoms with Crippen LogP contribution in [0.15, 0.2) is 4.63 Å². The molecule has 0 aliphatic rings. The first-order valence-electron chi connectivity index (χ1n) is 3.00. The third-order valence-corrected chi connectivity index (χ3v) is 1.20. The third kappa shape index (κ3) is 1.09. The Hall–Kier alpha value is -2.39. The Kier molecular flexibility index (Phi) is 1.44. The largest absolute Gasteiger partial charge is 0.446 e. The van der Waals surface area contributed by atoms with Gasteiger partial charge in [0.05, 0.1) is 0 Å². The average molecular weight is 183 g/mol. The van der Waals surface area contributed by atoms with Crippen LogP contribution in [-0.2, 0) is 0 Å². The van der Waals surface area contributed by atoms with Crippen LogP contribution < -0.4 is 0 Å². The van der Waals surface area contributed by atoms with Gasteiger partial charge in [-0.2, -0.15) is 5.21 Å². The summed E-state index contributed by atoms with van der Waals surface area (Å²) in [7, 11) is 0. The normalized spacial score (nSPS) is 10.2. The summed E-state index contributed by atoms with van der Waals surface area (Å²) in [5.41, 5.74) is -0.154. The number of H-pyrrole nitrogens is 1. The van der Waals surface area contributed by atoms with E-state index in [0.29, 0.717) is 0 Å². The highest BCUT2D eigenvalue weighted by Gasteiger charge is 2.26. The lowest BCUT2D eigenvalue weighted by molar-refractivity contribution is -0.390. The van der Waals surface area contributed by atoms with E-state index in [1.54, 1.807) is 0 Å². The van der Waals surface area contributed by atoms with Gasteiger partial charge in [-0.3, -0.25) is 0 Å². The minimum absolute atomic E-state index is 0.0343. The Balaban J connectivity index is 2.52. The Morgan fingerprint density at radius 1 is 1.46 bits per heavy atom. The van der Waals surface area contributed by atoms with Crippen LogP contribution in [0.5, 0.6) is 0 Å². The number of nitrogens with one attached hydrogen (secondary N) is 1. The summed E-state index contributed by atoms with van der Waals surface area (Å²) in [5.74, 6) is -0.575. The predicted molar refractivity (Wildman–Crippen MR) is 34.1 cm³/mol. The SMILES string of the molecule is O=[N+]([O-])c1nonc1-c1nn[nH]n1. The lowest BCUT2D eigenvalue weighted by atomic mass is 10.4. The van der Waals surface area contributed by atoms with Crippen LogP contribution in [-0.4, -0.2) is 35.9 Å². The maximum Gasteiger partial charge on any atom is 0.446 e. The van der Waals surface area contributed by atoms with E-state index >= 15 is 0 Å². The number of hydrogen-bond donors (Lipinski definition) is 1. The molecule has 0 radical (unpaired) electrons. The van der Waals surface area contributed by atoms with Crippen LogP contribution in [0.2, 0.25) is 0 Å². The standard InChI is InChI=1S/C3HN7O3/c11-10(12)3-1(6-13-7-3)2-4-8-9-5-2/h(H,4,5,8,9). The molecule has 10 heteroatoms. The number of rotatable bonds is 2. The highest BCUT2D eigenvalue weighted by molar-refractivity contribution is 5.57. The molecule has 0 unspecified atom stereocenters. The molecule has 1 N–H and O–H groups in total. The highest BCUT2D eigenvalue weighted by atomic mass is 16.6. The molecule has 0 bridgehead atoms. The van der Waals surface area contributed by atoms with Gasteiger partial charge in [-0.25, -0.2) is 0 Å². The van der Waals surface area contributed by atoms with Crippen LogP contribution >= 0.6 is 0 Å². The Labute approximate surface area is 69.1 Å². The number of nitro groups is 1. The first-order valence-corrected chi connectivity index (χ1v) is 3.00. The molecule has 13 heavy (non-hydrogen) atoms. The van der Waals surface area contributed by atoms with E-state index in [-0.39, 0.29) is 11.5 Å². The first-order chi connectivity index (χ1) is 6.29. The van der Waals surface area contributed by atoms with Crippen molar-refractivity contribution in [1.29, 1.82) is 0 Å². The maximum absolute atomic E-state index is 10.3. The Morgan fingerprint density at radius 2 is 2.31 bits per heavy atom. The molecule has 0 fully saturated rings. The van der Waals surface area contributed by atoms with Crippen LogP contribution in [0, 0.1) is 10.1 Å². The van der Waals surface area contributed by atoms with Crippen molar-refractivity contribution in [1.82, 2.24) is 30.9 Å². The lowest BCUT2D eigenvalue weighted by Gasteiger charge is -1.85. The fraction of sp³-hybridized carbons (Fsp3) is 0. The maximum atomic E-state index is 10.3. The average Bonchev–Trinajstić information content (AvgIpc) is 2.74. The fourth-order valence-corrected chi connectivity index (χ4v) is 0.707. The monoisotopic (exact) mass is 183 g/mol. The van der Waals surface area contributed by atoms with Crippen molar-refractivity contribution in [3.8, 4) is 11.5 Å². The van der Waals surface area contributed by atoms with E-state index in [9.17, 15) is 10.1 Å². The van der Waals surface area contributed by atoms with Gasteiger partial charge in [-0.1, -0.05) is 0 Å². The van der Waals surface area contributed by atoms with Gasteiger partial charge in [0.2, 0.25) is 5.82 Å². The van der Waals surface area contributed by atoms with Crippen molar-refractivity contribution < 1.29 is 9.55 Å². The second-order valence-electron chi connectivity index (χ2n) is 1.93. The molecular formula is C3HN7O3. The highest BCUT2D eigenvalue weighted by Crippen LogP contribution is 2.20. The van der Waals surface area contributed by atoms with Crippen molar-refractivity contribution in [3.63, 3.8) is 0 Å². The van der Waals surface area contributed by atoms with Gasteiger partial charge in [0.1, 0.15) is 0 Å². The predicted octanol–water partition coefficient (Wildman–Crippen LogP) is -0.842. The lowest BCUT2D eigenvalue weighted by Crippen LogP contribution is -1.92. The summed E-state index contributed by atoms with van der Waals surface area (Å²) >= 11 is 0. The molecule has 2 rings (SSSR count). The van der Waals surface area contributed by atoms with Crippen molar-refractivity contribution in [2.24, 2.45) is 0 Å². The van der Waals surface area contributed by atoms with Crippen molar-refractivity contribution >= 4 is 5.82 Å². The smallest absolute Gasteiger partial charge is 0.358 e. The van der Waals surface area contributed by atoms with Crippen molar-refractivity contribution in [2.45, 2.75) is 0 Å². The molecule has 2 aromatic heterocycles. The Morgan fingerprint density at radius 3 is 2.92 bits per heavy atom. The minimum atomic E-state index is -0.748. The molecule has 0 amide bonds. The van der Waals surface area contributed by atoms with Gasteiger partial charge in [0, 0.05) is 0 Å². The zero-order chi connectivity index (χ0) is 9.26. The summed E-state index contributed by atoms with van der Waals surface area (Å²) < 4.78 is 4.17. The van der Waals surface area contributed by atoms with Crippen molar-refractivity contribution in [2.75, 3.05) is 0 Å². The van der Waals surface area contributed by atoms with E-state index in [1.165, 1.54) is 0 Å². The second kappa shape index (κ2) is 2.58. The van der Waals surface area contributed by atoms with Crippen LogP contribution in [0.3, 0.4) is 0 Å². The molecule has 0 aliphatic heterocycles. The topological polar surface area (TPSA) is 137 Å². The minimum Gasteiger partial charge on any atom is -0.358 e. The molecule has 0 aromatic carbocycles. The van der Waals surface area contributed by atoms with Gasteiger partial charge in [-0.05, 0) is 15.3 Å². The number of hydrogen-bond acceptors (Lipinski definition) is 8. The van der Waals surface area contributed by atoms with Gasteiger partial charge < -0.3 is 10.1 Å². The number of tetrazole rings is 1. The summed E-state index contributed by atoms with van der Waals surface area (Å²) in [4.78, 5) is 9.59. The van der Waals surface area contributed by atoms with Crippen molar-refractivity contribution in [3.05, 3.63) is 10.1 Å². The number of aromatic nitrogens is 6. The number of nitrogens with zero attached hydrogens (tertiary/aromatic N) is 6. The van der Waals surface area contributed by atoms with E-state index in [4.69, 9.17) is 0 Å². The van der Waals surface area contributed by atoms with Gasteiger partial charge in [-0.15, -0.1) is 14.8 Å². The summed E-state index contributed by atoms with van der Waals surface area (Å²) in [6.45, 7) is 0. The zero-order valence-electron chi connectivity index (χ0n) is 5.91. The molecule has 0 atom stereocenters. The van der Waals surface area contributed by atoms with E-state index in [2.05, 4.69) is 35.6 Å². The summed E-state index contributed by atoms with van der Waals surface area (Å²) in [6.07, 6.45) is 0. The molecule has 0 spiro atoms. The summed E-state index contributed by atoms with van der Waals surface area (Å²) in [5, 5.41) is 29.0. The van der Waals surface area contributed by atoms with Crippen LogP contribution in [0.25, 0.3) is 11.5 Å². The molecule has 2 aromatic rings. The molecule has 0 aliphatic carbocycles.